The lowest BCUT2D eigenvalue weighted by Gasteiger charge is -2.32. The highest BCUT2D eigenvalue weighted by Gasteiger charge is 2.39. The van der Waals surface area contributed by atoms with Gasteiger partial charge < -0.3 is 21.3 Å². The highest BCUT2D eigenvalue weighted by molar-refractivity contribution is 6.05. The quantitative estimate of drug-likeness (QED) is 0.216. The number of hydrogen-bond acceptors (Lipinski definition) is 5. The van der Waals surface area contributed by atoms with Gasteiger partial charge in [-0.3, -0.25) is 4.79 Å². The maximum absolute atomic E-state index is 12.6. The van der Waals surface area contributed by atoms with Crippen molar-refractivity contribution in [2.75, 3.05) is 37.2 Å². The van der Waals surface area contributed by atoms with Crippen molar-refractivity contribution < 1.29 is 4.79 Å². The zero-order chi connectivity index (χ0) is 28.0. The van der Waals surface area contributed by atoms with Gasteiger partial charge in [0.1, 0.15) is 0 Å². The molecule has 0 bridgehead atoms. The van der Waals surface area contributed by atoms with E-state index in [0.29, 0.717) is 28.9 Å². The van der Waals surface area contributed by atoms with Crippen molar-refractivity contribution in [1.82, 2.24) is 20.0 Å². The number of rotatable bonds is 11. The Morgan fingerprint density at radius 1 is 0.951 bits per heavy atom. The van der Waals surface area contributed by atoms with Gasteiger partial charge in [-0.05, 0) is 112 Å². The number of nitrogens with two attached hydrogens (primary N) is 1. The summed E-state index contributed by atoms with van der Waals surface area (Å²) >= 11 is 0. The molecule has 2 fully saturated rings. The van der Waals surface area contributed by atoms with Crippen LogP contribution in [0.25, 0.3) is 5.69 Å². The third-order valence-electron chi connectivity index (χ3n) is 8.58. The van der Waals surface area contributed by atoms with Crippen LogP contribution in [-0.4, -0.2) is 52.8 Å². The molecular formula is C34H40N6O. The summed E-state index contributed by atoms with van der Waals surface area (Å²) in [4.78, 5) is 15.2. The molecule has 2 atom stereocenters. The van der Waals surface area contributed by atoms with Gasteiger partial charge in [0.25, 0.3) is 5.91 Å². The number of piperidine rings is 1. The monoisotopic (exact) mass is 548 g/mol. The second-order valence-corrected chi connectivity index (χ2v) is 11.5. The topological polar surface area (TPSA) is 88.2 Å². The average molecular weight is 549 g/mol. The van der Waals surface area contributed by atoms with Crippen LogP contribution < -0.4 is 16.4 Å². The summed E-state index contributed by atoms with van der Waals surface area (Å²) in [5, 5.41) is 11.3. The van der Waals surface area contributed by atoms with Crippen LogP contribution in [0.5, 0.6) is 0 Å². The smallest absolute Gasteiger partial charge is 0.255 e. The Bertz CT molecular complexity index is 1430. The Hall–Kier alpha value is -3.94. The first kappa shape index (κ1) is 27.2. The molecule has 212 valence electrons. The second kappa shape index (κ2) is 12.7. The van der Waals surface area contributed by atoms with Crippen LogP contribution in [0.4, 0.5) is 11.4 Å². The molecule has 0 unspecified atom stereocenters. The standard InChI is InChI=1S/C34H40N6O/c35-31-10-4-5-11-32(31)38-34(41)27-14-12-25(13-15-27)7-6-18-39-19-16-26(17-20-39)22-36-33-21-30(33)28-23-37-40(24-28)29-8-2-1-3-9-29/h1-5,8-15,23-24,26,30,33,36H,6-7,16-22,35H2,(H,38,41)/t30-,33+/m1/s1. The van der Waals surface area contributed by atoms with Gasteiger partial charge in [0.2, 0.25) is 0 Å². The largest absolute Gasteiger partial charge is 0.397 e. The maximum atomic E-state index is 12.6. The van der Waals surface area contributed by atoms with Crippen LogP contribution in [0.1, 0.15) is 53.1 Å². The molecule has 1 saturated carbocycles. The summed E-state index contributed by atoms with van der Waals surface area (Å²) in [6.07, 6.45) is 10.1. The number of anilines is 2. The van der Waals surface area contributed by atoms with E-state index in [4.69, 9.17) is 5.73 Å². The number of carbonyl (C=O) groups is 1. The molecule has 1 amide bonds. The summed E-state index contributed by atoms with van der Waals surface area (Å²) in [5.74, 6) is 1.23. The van der Waals surface area contributed by atoms with Gasteiger partial charge in [-0.1, -0.05) is 42.5 Å². The minimum atomic E-state index is -0.136. The van der Waals surface area contributed by atoms with Crippen molar-refractivity contribution >= 4 is 17.3 Å². The van der Waals surface area contributed by atoms with E-state index in [1.54, 1.807) is 6.07 Å². The Morgan fingerprint density at radius 3 is 2.49 bits per heavy atom. The van der Waals surface area contributed by atoms with Gasteiger partial charge in [-0.2, -0.15) is 5.10 Å². The summed E-state index contributed by atoms with van der Waals surface area (Å²) < 4.78 is 1.98. The molecule has 1 aliphatic carbocycles. The molecule has 4 aromatic rings. The summed E-state index contributed by atoms with van der Waals surface area (Å²) in [7, 11) is 0. The summed E-state index contributed by atoms with van der Waals surface area (Å²) in [5.41, 5.74) is 11.5. The molecular weight excluding hydrogens is 508 g/mol. The normalized spacial score (nSPS) is 19.2. The lowest BCUT2D eigenvalue weighted by Crippen LogP contribution is -2.38. The van der Waals surface area contributed by atoms with Crippen molar-refractivity contribution in [2.45, 2.75) is 44.1 Å². The first-order valence-corrected chi connectivity index (χ1v) is 14.9. The van der Waals surface area contributed by atoms with Crippen molar-refractivity contribution in [3.05, 3.63) is 108 Å². The van der Waals surface area contributed by atoms with Crippen LogP contribution in [0.2, 0.25) is 0 Å². The van der Waals surface area contributed by atoms with Gasteiger partial charge in [0.15, 0.2) is 0 Å². The van der Waals surface area contributed by atoms with Crippen LogP contribution in [0.15, 0.2) is 91.3 Å². The van der Waals surface area contributed by atoms with E-state index in [1.165, 1.54) is 43.5 Å². The number of nitrogen functional groups attached to an aromatic ring is 1. The third kappa shape index (κ3) is 7.04. The van der Waals surface area contributed by atoms with Gasteiger partial charge in [0, 0.05) is 23.7 Å². The molecule has 0 spiro atoms. The summed E-state index contributed by atoms with van der Waals surface area (Å²) in [6, 6.07) is 26.2. The maximum Gasteiger partial charge on any atom is 0.255 e. The molecule has 0 radical (unpaired) electrons. The number of hydrogen-bond donors (Lipinski definition) is 3. The predicted octanol–water partition coefficient (Wildman–Crippen LogP) is 5.50. The van der Waals surface area contributed by atoms with E-state index in [-0.39, 0.29) is 5.91 Å². The minimum absolute atomic E-state index is 0.136. The number of aromatic nitrogens is 2. The van der Waals surface area contributed by atoms with Crippen molar-refractivity contribution in [1.29, 1.82) is 0 Å². The number of nitrogens with one attached hydrogen (secondary N) is 2. The predicted molar refractivity (Wildman–Crippen MR) is 165 cm³/mol. The number of amides is 1. The van der Waals surface area contributed by atoms with Crippen LogP contribution in [-0.2, 0) is 6.42 Å². The number of benzene rings is 3. The molecule has 1 aliphatic heterocycles. The van der Waals surface area contributed by atoms with Crippen molar-refractivity contribution in [2.24, 2.45) is 5.92 Å². The average Bonchev–Trinajstić information content (AvgIpc) is 3.62. The fourth-order valence-electron chi connectivity index (χ4n) is 5.91. The highest BCUT2D eigenvalue weighted by Crippen LogP contribution is 2.41. The van der Waals surface area contributed by atoms with E-state index in [0.717, 1.165) is 37.5 Å². The first-order valence-electron chi connectivity index (χ1n) is 14.9. The summed E-state index contributed by atoms with van der Waals surface area (Å²) in [6.45, 7) is 4.63. The molecule has 6 rings (SSSR count). The molecule has 2 heterocycles. The van der Waals surface area contributed by atoms with E-state index in [1.807, 2.05) is 47.3 Å². The molecule has 3 aromatic carbocycles. The van der Waals surface area contributed by atoms with E-state index in [2.05, 4.69) is 63.2 Å². The molecule has 4 N–H and O–H groups in total. The first-order chi connectivity index (χ1) is 20.1. The van der Waals surface area contributed by atoms with Crippen molar-refractivity contribution in [3.8, 4) is 5.69 Å². The molecule has 1 aromatic heterocycles. The zero-order valence-electron chi connectivity index (χ0n) is 23.6. The van der Waals surface area contributed by atoms with Gasteiger partial charge in [-0.15, -0.1) is 0 Å². The lowest BCUT2D eigenvalue weighted by atomic mass is 9.96. The van der Waals surface area contributed by atoms with E-state index >= 15 is 0 Å². The highest BCUT2D eigenvalue weighted by atomic mass is 16.1. The number of nitrogens with zero attached hydrogens (tertiary/aromatic N) is 3. The fourth-order valence-corrected chi connectivity index (χ4v) is 5.91. The Labute approximate surface area is 242 Å². The van der Waals surface area contributed by atoms with Crippen LogP contribution in [0.3, 0.4) is 0 Å². The molecule has 7 heteroatoms. The van der Waals surface area contributed by atoms with E-state index < -0.39 is 0 Å². The minimum Gasteiger partial charge on any atom is -0.397 e. The van der Waals surface area contributed by atoms with Crippen LogP contribution in [0, 0.1) is 5.92 Å². The Morgan fingerprint density at radius 2 is 1.71 bits per heavy atom. The van der Waals surface area contributed by atoms with Gasteiger partial charge >= 0.3 is 0 Å². The third-order valence-corrected chi connectivity index (χ3v) is 8.58. The van der Waals surface area contributed by atoms with Gasteiger partial charge in [-0.25, -0.2) is 4.68 Å². The molecule has 2 aliphatic rings. The van der Waals surface area contributed by atoms with Gasteiger partial charge in [0.05, 0.1) is 23.3 Å². The molecule has 1 saturated heterocycles. The Kier molecular flexibility index (Phi) is 8.44. The van der Waals surface area contributed by atoms with E-state index in [9.17, 15) is 4.79 Å². The second-order valence-electron chi connectivity index (χ2n) is 11.5. The zero-order valence-corrected chi connectivity index (χ0v) is 23.6. The Balaban J connectivity index is 0.864. The number of aryl methyl sites for hydroxylation is 1. The number of para-hydroxylation sites is 3. The lowest BCUT2D eigenvalue weighted by molar-refractivity contribution is 0.102. The SMILES string of the molecule is Nc1ccccc1NC(=O)c1ccc(CCCN2CCC(CN[C@H]3C[C@@H]3c3cnn(-c4ccccc4)c3)CC2)cc1. The number of carbonyl (C=O) groups excluding carboxylic acids is 1. The molecule has 7 nitrogen and oxygen atoms in total. The van der Waals surface area contributed by atoms with Crippen molar-refractivity contribution in [3.63, 3.8) is 0 Å². The van der Waals surface area contributed by atoms with Crippen LogP contribution >= 0.6 is 0 Å². The number of likely N-dealkylation sites (tertiary alicyclic amines) is 1. The fraction of sp³-hybridized carbons (Fsp3) is 0.353. The molecule has 41 heavy (non-hydrogen) atoms.